The second-order valence-electron chi connectivity index (χ2n) is 5.17. The lowest BCUT2D eigenvalue weighted by Crippen LogP contribution is -2.15. The number of aromatic nitrogens is 2. The summed E-state index contributed by atoms with van der Waals surface area (Å²) in [5.41, 5.74) is 6.80. The summed E-state index contributed by atoms with van der Waals surface area (Å²) in [7, 11) is 0. The van der Waals surface area contributed by atoms with E-state index in [0.717, 1.165) is 35.4 Å². The number of thiazole rings is 1. The minimum absolute atomic E-state index is 0.277. The maximum Gasteiger partial charge on any atom is 0.204 e. The summed E-state index contributed by atoms with van der Waals surface area (Å²) >= 11 is 1.46. The van der Waals surface area contributed by atoms with Gasteiger partial charge in [-0.2, -0.15) is 5.10 Å². The lowest BCUT2D eigenvalue weighted by atomic mass is 9.95. The van der Waals surface area contributed by atoms with Gasteiger partial charge < -0.3 is 0 Å². The Morgan fingerprint density at radius 2 is 2.18 bits per heavy atom. The van der Waals surface area contributed by atoms with Crippen molar-refractivity contribution in [3.05, 3.63) is 53.6 Å². The lowest BCUT2D eigenvalue weighted by Gasteiger charge is -2.15. The van der Waals surface area contributed by atoms with Crippen molar-refractivity contribution >= 4 is 32.4 Å². The zero-order valence-corrected chi connectivity index (χ0v) is 12.5. The van der Waals surface area contributed by atoms with Gasteiger partial charge in [0.25, 0.3) is 0 Å². The number of anilines is 1. The summed E-state index contributed by atoms with van der Waals surface area (Å²) in [5.74, 6) is -0.277. The van der Waals surface area contributed by atoms with E-state index in [9.17, 15) is 4.39 Å². The van der Waals surface area contributed by atoms with Crippen molar-refractivity contribution in [2.24, 2.45) is 5.10 Å². The number of nitrogens with zero attached hydrogens (tertiary/aromatic N) is 3. The molecule has 4 rings (SSSR count). The van der Waals surface area contributed by atoms with Gasteiger partial charge in [-0.15, -0.1) is 0 Å². The van der Waals surface area contributed by atoms with Crippen molar-refractivity contribution in [2.75, 3.05) is 5.43 Å². The third kappa shape index (κ3) is 2.46. The smallest absolute Gasteiger partial charge is 0.204 e. The maximum absolute atomic E-state index is 13.2. The van der Waals surface area contributed by atoms with Gasteiger partial charge in [0.05, 0.1) is 21.6 Å². The summed E-state index contributed by atoms with van der Waals surface area (Å²) in [5, 5.41) is 5.13. The molecule has 22 heavy (non-hydrogen) atoms. The number of pyridine rings is 1. The van der Waals surface area contributed by atoms with Gasteiger partial charge in [-0.1, -0.05) is 17.4 Å². The molecule has 0 radical (unpaired) electrons. The third-order valence-corrected chi connectivity index (χ3v) is 4.60. The largest absolute Gasteiger partial charge is 0.255 e. The van der Waals surface area contributed by atoms with Gasteiger partial charge in [-0.3, -0.25) is 10.4 Å². The molecule has 0 fully saturated rings. The number of halogens is 1. The predicted octanol–water partition coefficient (Wildman–Crippen LogP) is 3.98. The fourth-order valence-electron chi connectivity index (χ4n) is 2.64. The first-order chi connectivity index (χ1) is 10.8. The summed E-state index contributed by atoms with van der Waals surface area (Å²) in [6.45, 7) is 0. The molecule has 0 atom stereocenters. The van der Waals surface area contributed by atoms with Crippen LogP contribution in [0.5, 0.6) is 0 Å². The van der Waals surface area contributed by atoms with Crippen molar-refractivity contribution in [1.82, 2.24) is 9.97 Å². The van der Waals surface area contributed by atoms with E-state index in [1.165, 1.54) is 29.0 Å². The number of hydrogen-bond donors (Lipinski definition) is 1. The first-order valence-corrected chi connectivity index (χ1v) is 7.94. The normalized spacial score (nSPS) is 16.0. The van der Waals surface area contributed by atoms with Gasteiger partial charge in [-0.05, 0) is 43.0 Å². The van der Waals surface area contributed by atoms with Crippen LogP contribution in [0.2, 0.25) is 0 Å². The molecule has 1 N–H and O–H groups in total. The van der Waals surface area contributed by atoms with Gasteiger partial charge >= 0.3 is 0 Å². The fraction of sp³-hybridized carbons (Fsp3) is 0.188. The molecule has 110 valence electrons. The Bertz CT molecular complexity index is 871. The molecule has 0 unspecified atom stereocenters. The molecule has 6 heteroatoms. The quantitative estimate of drug-likeness (QED) is 0.728. The van der Waals surface area contributed by atoms with Crippen LogP contribution in [0.3, 0.4) is 0 Å². The molecule has 3 aromatic rings. The molecule has 1 aromatic carbocycles. The van der Waals surface area contributed by atoms with Crippen molar-refractivity contribution < 1.29 is 4.39 Å². The SMILES string of the molecule is Fc1ccc2sc(N/N=C3\CCCc4cccnc43)nc2c1. The van der Waals surface area contributed by atoms with E-state index < -0.39 is 0 Å². The Hall–Kier alpha value is -2.34. The van der Waals surface area contributed by atoms with E-state index in [0.29, 0.717) is 10.6 Å². The highest BCUT2D eigenvalue weighted by atomic mass is 32.1. The van der Waals surface area contributed by atoms with E-state index in [1.54, 1.807) is 12.3 Å². The Labute approximate surface area is 130 Å². The molecule has 0 saturated heterocycles. The summed E-state index contributed by atoms with van der Waals surface area (Å²) < 4.78 is 14.1. The highest BCUT2D eigenvalue weighted by molar-refractivity contribution is 7.22. The molecule has 0 bridgehead atoms. The molecule has 0 aliphatic heterocycles. The number of hydrogen-bond acceptors (Lipinski definition) is 5. The van der Waals surface area contributed by atoms with E-state index >= 15 is 0 Å². The van der Waals surface area contributed by atoms with Gasteiger partial charge in [0.2, 0.25) is 5.13 Å². The van der Waals surface area contributed by atoms with Crippen LogP contribution in [0.15, 0.2) is 41.6 Å². The fourth-order valence-corrected chi connectivity index (χ4v) is 3.43. The summed E-state index contributed by atoms with van der Waals surface area (Å²) in [4.78, 5) is 8.78. The molecule has 1 aliphatic rings. The van der Waals surface area contributed by atoms with Crippen LogP contribution >= 0.6 is 11.3 Å². The van der Waals surface area contributed by atoms with Gasteiger partial charge in [0.1, 0.15) is 5.82 Å². The van der Waals surface area contributed by atoms with Gasteiger partial charge in [0, 0.05) is 12.3 Å². The maximum atomic E-state index is 13.2. The highest BCUT2D eigenvalue weighted by Crippen LogP contribution is 2.27. The Morgan fingerprint density at radius 3 is 3.14 bits per heavy atom. The zero-order chi connectivity index (χ0) is 14.9. The standard InChI is InChI=1S/C16H13FN4S/c17-11-6-7-14-13(9-11)19-16(22-14)21-20-12-5-1-3-10-4-2-8-18-15(10)12/h2,4,6-9H,1,3,5H2,(H,19,21)/b20-12+. The van der Waals surface area contributed by atoms with Crippen LogP contribution in [0.1, 0.15) is 24.1 Å². The molecule has 1 aliphatic carbocycles. The van der Waals surface area contributed by atoms with E-state index in [4.69, 9.17) is 0 Å². The second kappa shape index (κ2) is 5.46. The summed E-state index contributed by atoms with van der Waals surface area (Å²) in [6.07, 6.45) is 4.81. The first-order valence-electron chi connectivity index (χ1n) is 7.12. The number of benzene rings is 1. The van der Waals surface area contributed by atoms with E-state index in [2.05, 4.69) is 26.6 Å². The molecule has 0 spiro atoms. The molecule has 4 nitrogen and oxygen atoms in total. The van der Waals surface area contributed by atoms with E-state index in [1.807, 2.05) is 6.07 Å². The van der Waals surface area contributed by atoms with E-state index in [-0.39, 0.29) is 5.82 Å². The third-order valence-electron chi connectivity index (χ3n) is 3.66. The number of nitrogens with one attached hydrogen (secondary N) is 1. The van der Waals surface area contributed by atoms with Crippen molar-refractivity contribution in [3.63, 3.8) is 0 Å². The molecular weight excluding hydrogens is 299 g/mol. The minimum atomic E-state index is -0.277. The molecule has 0 amide bonds. The number of rotatable bonds is 2. The molecule has 2 heterocycles. The van der Waals surface area contributed by atoms with Crippen LogP contribution in [0.4, 0.5) is 9.52 Å². The number of fused-ring (bicyclic) bond motifs is 2. The average Bonchev–Trinajstić information content (AvgIpc) is 2.95. The summed E-state index contributed by atoms with van der Waals surface area (Å²) in [6, 6.07) is 8.66. The predicted molar refractivity (Wildman–Crippen MR) is 86.9 cm³/mol. The van der Waals surface area contributed by atoms with Crippen LogP contribution in [-0.2, 0) is 6.42 Å². The van der Waals surface area contributed by atoms with Crippen LogP contribution in [0.25, 0.3) is 10.2 Å². The van der Waals surface area contributed by atoms with Crippen LogP contribution < -0.4 is 5.43 Å². The molecule has 0 saturated carbocycles. The van der Waals surface area contributed by atoms with Gasteiger partial charge in [-0.25, -0.2) is 9.37 Å². The monoisotopic (exact) mass is 312 g/mol. The van der Waals surface area contributed by atoms with Gasteiger partial charge in [0.15, 0.2) is 0 Å². The Morgan fingerprint density at radius 1 is 1.23 bits per heavy atom. The van der Waals surface area contributed by atoms with Crippen molar-refractivity contribution in [1.29, 1.82) is 0 Å². The average molecular weight is 312 g/mol. The minimum Gasteiger partial charge on any atom is -0.255 e. The number of hydrazone groups is 1. The number of aryl methyl sites for hydroxylation is 1. The first kappa shape index (κ1) is 13.3. The molecular formula is C16H13FN4S. The Kier molecular flexibility index (Phi) is 3.31. The van der Waals surface area contributed by atoms with Crippen molar-refractivity contribution in [2.45, 2.75) is 19.3 Å². The lowest BCUT2D eigenvalue weighted by molar-refractivity contribution is 0.629. The highest BCUT2D eigenvalue weighted by Gasteiger charge is 2.16. The molecule has 2 aromatic heterocycles. The Balaban J connectivity index is 1.63. The van der Waals surface area contributed by atoms with Crippen LogP contribution in [0, 0.1) is 5.82 Å². The topological polar surface area (TPSA) is 50.2 Å². The van der Waals surface area contributed by atoms with Crippen molar-refractivity contribution in [3.8, 4) is 0 Å². The van der Waals surface area contributed by atoms with Crippen LogP contribution in [-0.4, -0.2) is 15.7 Å². The second-order valence-corrected chi connectivity index (χ2v) is 6.20. The zero-order valence-electron chi connectivity index (χ0n) is 11.7.